The van der Waals surface area contributed by atoms with Gasteiger partial charge in [0.15, 0.2) is 0 Å². The van der Waals surface area contributed by atoms with Gasteiger partial charge in [-0.1, -0.05) is 12.1 Å². The molecule has 0 fully saturated rings. The van der Waals surface area contributed by atoms with Crippen molar-refractivity contribution in [2.75, 3.05) is 7.11 Å². The monoisotopic (exact) mass is 378 g/mol. The number of aromatic amines is 1. The van der Waals surface area contributed by atoms with Crippen LogP contribution < -0.4 is 15.6 Å². The van der Waals surface area contributed by atoms with Gasteiger partial charge in [-0.3, -0.25) is 14.6 Å². The summed E-state index contributed by atoms with van der Waals surface area (Å²) < 4.78 is 5.17. The van der Waals surface area contributed by atoms with Gasteiger partial charge in [0, 0.05) is 42.2 Å². The molecule has 1 amide bonds. The SMILES string of the molecule is COc1cccc(CNC(=O)CCc2c(C)nc(-c3ccncc3)[nH]c2=O)c1. The number of ether oxygens (including phenoxy) is 1. The molecule has 3 rings (SSSR count). The second-order valence-electron chi connectivity index (χ2n) is 6.34. The van der Waals surface area contributed by atoms with Gasteiger partial charge in [-0.15, -0.1) is 0 Å². The van der Waals surface area contributed by atoms with E-state index in [1.54, 1.807) is 38.6 Å². The smallest absolute Gasteiger partial charge is 0.254 e. The van der Waals surface area contributed by atoms with Crippen LogP contribution in [0.4, 0.5) is 0 Å². The molecule has 2 N–H and O–H groups in total. The minimum atomic E-state index is -0.222. The lowest BCUT2D eigenvalue weighted by molar-refractivity contribution is -0.121. The predicted octanol–water partition coefficient (Wildman–Crippen LogP) is 2.40. The van der Waals surface area contributed by atoms with Crippen LogP contribution in [0.1, 0.15) is 23.2 Å². The molecule has 0 atom stereocenters. The molecule has 1 aromatic carbocycles. The highest BCUT2D eigenvalue weighted by molar-refractivity contribution is 5.76. The molecule has 0 unspecified atom stereocenters. The summed E-state index contributed by atoms with van der Waals surface area (Å²) in [6.07, 6.45) is 3.83. The maximum Gasteiger partial charge on any atom is 0.254 e. The van der Waals surface area contributed by atoms with Gasteiger partial charge < -0.3 is 15.0 Å². The van der Waals surface area contributed by atoms with E-state index >= 15 is 0 Å². The van der Waals surface area contributed by atoms with Crippen molar-refractivity contribution in [3.63, 3.8) is 0 Å². The number of aryl methyl sites for hydroxylation is 1. The standard InChI is InChI=1S/C21H22N4O3/c1-14-18(21(27)25-20(24-14)16-8-10-22-11-9-16)6-7-19(26)23-13-15-4-3-5-17(12-15)28-2/h3-5,8-12H,6-7,13H2,1-2H3,(H,23,26)(H,24,25,27). The number of methoxy groups -OCH3 is 1. The first kappa shape index (κ1) is 19.3. The van der Waals surface area contributed by atoms with E-state index in [9.17, 15) is 9.59 Å². The summed E-state index contributed by atoms with van der Waals surface area (Å²) in [7, 11) is 1.60. The molecule has 0 spiro atoms. The molecule has 7 heteroatoms. The zero-order valence-electron chi connectivity index (χ0n) is 15.9. The lowest BCUT2D eigenvalue weighted by Gasteiger charge is -2.09. The number of hydrogen-bond donors (Lipinski definition) is 2. The van der Waals surface area contributed by atoms with Crippen molar-refractivity contribution in [1.29, 1.82) is 0 Å². The van der Waals surface area contributed by atoms with Crippen LogP contribution in [-0.2, 0) is 17.8 Å². The summed E-state index contributed by atoms with van der Waals surface area (Å²) in [5.41, 5.74) is 2.66. The van der Waals surface area contributed by atoms with E-state index in [1.165, 1.54) is 0 Å². The number of amides is 1. The van der Waals surface area contributed by atoms with Gasteiger partial charge in [0.05, 0.1) is 7.11 Å². The molecule has 0 radical (unpaired) electrons. The van der Waals surface area contributed by atoms with Crippen molar-refractivity contribution >= 4 is 5.91 Å². The summed E-state index contributed by atoms with van der Waals surface area (Å²) in [5.74, 6) is 1.12. The van der Waals surface area contributed by atoms with Gasteiger partial charge >= 0.3 is 0 Å². The predicted molar refractivity (Wildman–Crippen MR) is 106 cm³/mol. The van der Waals surface area contributed by atoms with E-state index < -0.39 is 0 Å². The van der Waals surface area contributed by atoms with Gasteiger partial charge in [-0.05, 0) is 43.2 Å². The number of carbonyl (C=O) groups is 1. The van der Waals surface area contributed by atoms with Crippen molar-refractivity contribution in [3.05, 3.63) is 76.0 Å². The zero-order chi connectivity index (χ0) is 19.9. The summed E-state index contributed by atoms with van der Waals surface area (Å²) in [4.78, 5) is 35.8. The third kappa shape index (κ3) is 4.82. The van der Waals surface area contributed by atoms with E-state index in [0.717, 1.165) is 16.9 Å². The lowest BCUT2D eigenvalue weighted by Crippen LogP contribution is -2.25. The summed E-state index contributed by atoms with van der Waals surface area (Å²) in [5, 5.41) is 2.86. The van der Waals surface area contributed by atoms with Crippen molar-refractivity contribution < 1.29 is 9.53 Å². The fraction of sp³-hybridized carbons (Fsp3) is 0.238. The fourth-order valence-corrected chi connectivity index (χ4v) is 2.86. The number of nitrogens with one attached hydrogen (secondary N) is 2. The largest absolute Gasteiger partial charge is 0.497 e. The molecular formula is C21H22N4O3. The number of H-pyrrole nitrogens is 1. The number of nitrogens with zero attached hydrogens (tertiary/aromatic N) is 2. The molecule has 7 nitrogen and oxygen atoms in total. The molecule has 0 aliphatic rings. The highest BCUT2D eigenvalue weighted by atomic mass is 16.5. The lowest BCUT2D eigenvalue weighted by atomic mass is 10.1. The first-order valence-electron chi connectivity index (χ1n) is 8.96. The third-order valence-corrected chi connectivity index (χ3v) is 4.40. The first-order chi connectivity index (χ1) is 13.6. The Balaban J connectivity index is 1.61. The molecule has 0 saturated heterocycles. The molecule has 0 saturated carbocycles. The van der Waals surface area contributed by atoms with E-state index in [-0.39, 0.29) is 17.9 Å². The number of aromatic nitrogens is 3. The Bertz CT molecular complexity index is 1020. The van der Waals surface area contributed by atoms with Gasteiger partial charge in [0.25, 0.3) is 5.56 Å². The maximum atomic E-state index is 12.4. The van der Waals surface area contributed by atoms with Crippen molar-refractivity contribution in [1.82, 2.24) is 20.3 Å². The molecule has 2 aromatic heterocycles. The van der Waals surface area contributed by atoms with E-state index in [1.807, 2.05) is 24.3 Å². The quantitative estimate of drug-likeness (QED) is 0.658. The number of rotatable bonds is 7. The number of benzene rings is 1. The van der Waals surface area contributed by atoms with E-state index in [2.05, 4.69) is 20.3 Å². The molecule has 2 heterocycles. The average Bonchev–Trinajstić information content (AvgIpc) is 2.72. The van der Waals surface area contributed by atoms with Gasteiger partial charge in [-0.2, -0.15) is 0 Å². The number of carbonyl (C=O) groups excluding carboxylic acids is 1. The normalized spacial score (nSPS) is 10.5. The zero-order valence-corrected chi connectivity index (χ0v) is 15.9. The van der Waals surface area contributed by atoms with E-state index in [0.29, 0.717) is 30.0 Å². The first-order valence-corrected chi connectivity index (χ1v) is 8.96. The molecule has 0 aliphatic carbocycles. The average molecular weight is 378 g/mol. The second kappa shape index (κ2) is 8.94. The van der Waals surface area contributed by atoms with Crippen LogP contribution in [0.2, 0.25) is 0 Å². The Kier molecular flexibility index (Phi) is 6.16. The molecular weight excluding hydrogens is 356 g/mol. The molecule has 28 heavy (non-hydrogen) atoms. The fourth-order valence-electron chi connectivity index (χ4n) is 2.86. The summed E-state index contributed by atoms with van der Waals surface area (Å²) >= 11 is 0. The summed E-state index contributed by atoms with van der Waals surface area (Å²) in [6, 6.07) is 11.1. The number of pyridine rings is 1. The topological polar surface area (TPSA) is 97.0 Å². The van der Waals surface area contributed by atoms with Gasteiger partial charge in [-0.25, -0.2) is 4.98 Å². The van der Waals surface area contributed by atoms with Crippen LogP contribution >= 0.6 is 0 Å². The van der Waals surface area contributed by atoms with Crippen LogP contribution in [0.25, 0.3) is 11.4 Å². The van der Waals surface area contributed by atoms with Crippen LogP contribution in [-0.4, -0.2) is 28.0 Å². The minimum Gasteiger partial charge on any atom is -0.497 e. The van der Waals surface area contributed by atoms with Gasteiger partial charge in [0.2, 0.25) is 5.91 Å². The van der Waals surface area contributed by atoms with Crippen LogP contribution in [0.3, 0.4) is 0 Å². The Morgan fingerprint density at radius 3 is 2.71 bits per heavy atom. The van der Waals surface area contributed by atoms with Crippen molar-refractivity contribution in [3.8, 4) is 17.1 Å². The Labute approximate surface area is 162 Å². The number of hydrogen-bond acceptors (Lipinski definition) is 5. The van der Waals surface area contributed by atoms with Crippen LogP contribution in [0, 0.1) is 6.92 Å². The van der Waals surface area contributed by atoms with E-state index in [4.69, 9.17) is 4.74 Å². The Morgan fingerprint density at radius 2 is 2.00 bits per heavy atom. The highest BCUT2D eigenvalue weighted by Crippen LogP contribution is 2.14. The molecule has 3 aromatic rings. The second-order valence-corrected chi connectivity index (χ2v) is 6.34. The third-order valence-electron chi connectivity index (χ3n) is 4.40. The minimum absolute atomic E-state index is 0.125. The molecule has 0 aliphatic heterocycles. The maximum absolute atomic E-state index is 12.4. The Hall–Kier alpha value is -3.48. The molecule has 0 bridgehead atoms. The van der Waals surface area contributed by atoms with Crippen LogP contribution in [0.15, 0.2) is 53.6 Å². The van der Waals surface area contributed by atoms with Crippen LogP contribution in [0.5, 0.6) is 5.75 Å². The Morgan fingerprint density at radius 1 is 1.21 bits per heavy atom. The summed E-state index contributed by atoms with van der Waals surface area (Å²) in [6.45, 7) is 2.19. The van der Waals surface area contributed by atoms with Crippen molar-refractivity contribution in [2.45, 2.75) is 26.3 Å². The highest BCUT2D eigenvalue weighted by Gasteiger charge is 2.11. The molecule has 144 valence electrons. The van der Waals surface area contributed by atoms with Gasteiger partial charge in [0.1, 0.15) is 11.6 Å². The van der Waals surface area contributed by atoms with Crippen molar-refractivity contribution in [2.24, 2.45) is 0 Å².